The van der Waals surface area contributed by atoms with Crippen molar-refractivity contribution in [1.82, 2.24) is 15.0 Å². The van der Waals surface area contributed by atoms with Crippen molar-refractivity contribution < 1.29 is 4.42 Å². The normalized spacial score (nSPS) is 11.3. The maximum absolute atomic E-state index is 6.56. The molecule has 2 aromatic heterocycles. The molecule has 54 heavy (non-hydrogen) atoms. The molecule has 9 rings (SSSR count). The number of nitrogens with zero attached hydrogens (tertiary/aromatic N) is 3. The van der Waals surface area contributed by atoms with Crippen LogP contribution in [0.4, 0.5) is 0 Å². The summed E-state index contributed by atoms with van der Waals surface area (Å²) in [5.41, 5.74) is 10.8. The highest BCUT2D eigenvalue weighted by atomic mass is 16.3. The Morgan fingerprint density at radius 2 is 0.815 bits per heavy atom. The van der Waals surface area contributed by atoms with Crippen molar-refractivity contribution in [3.05, 3.63) is 146 Å². The van der Waals surface area contributed by atoms with Gasteiger partial charge in [-0.05, 0) is 51.6 Å². The quantitative estimate of drug-likeness (QED) is 0.211. The Bertz CT molecular complexity index is 2830. The third-order valence-corrected chi connectivity index (χ3v) is 9.86. The van der Waals surface area contributed by atoms with E-state index in [1.165, 1.54) is 0 Å². The number of fused-ring (bicyclic) bond motifs is 3. The van der Waals surface area contributed by atoms with E-state index < -0.39 is 0 Å². The Morgan fingerprint density at radius 1 is 0.352 bits per heavy atom. The zero-order valence-electron chi connectivity index (χ0n) is 29.0. The predicted octanol–water partition coefficient (Wildman–Crippen LogP) is 5.74. The van der Waals surface area contributed by atoms with E-state index in [4.69, 9.17) is 58.6 Å². The molecule has 0 N–H and O–H groups in total. The highest BCUT2D eigenvalue weighted by molar-refractivity contribution is 6.68. The highest BCUT2D eigenvalue weighted by Crippen LogP contribution is 2.38. The fraction of sp³-hybridized carbons (Fsp3) is 0. The van der Waals surface area contributed by atoms with Gasteiger partial charge in [0.1, 0.15) is 50.4 Å². The summed E-state index contributed by atoms with van der Waals surface area (Å²) in [4.78, 5) is 14.9. The summed E-state index contributed by atoms with van der Waals surface area (Å²) in [5.74, 6) is 1.67. The van der Waals surface area contributed by atoms with E-state index in [1.807, 2.05) is 97.1 Å². The third-order valence-electron chi connectivity index (χ3n) is 9.86. The van der Waals surface area contributed by atoms with Gasteiger partial charge in [0, 0.05) is 21.9 Å². The first-order valence-electron chi connectivity index (χ1n) is 17.4. The fourth-order valence-corrected chi connectivity index (χ4v) is 6.93. The number of hydrogen-bond donors (Lipinski definition) is 0. The van der Waals surface area contributed by atoms with Crippen molar-refractivity contribution >= 4 is 88.5 Å². The van der Waals surface area contributed by atoms with Gasteiger partial charge in [0.2, 0.25) is 0 Å². The summed E-state index contributed by atoms with van der Waals surface area (Å²) in [5, 5.41) is 1.92. The fourth-order valence-electron chi connectivity index (χ4n) is 6.93. The topological polar surface area (TPSA) is 51.8 Å². The van der Waals surface area contributed by atoms with Crippen molar-refractivity contribution in [3.8, 4) is 67.5 Å². The van der Waals surface area contributed by atoms with Crippen LogP contribution in [0.1, 0.15) is 0 Å². The van der Waals surface area contributed by atoms with Gasteiger partial charge in [0.25, 0.3) is 0 Å². The van der Waals surface area contributed by atoms with Crippen LogP contribution in [0.3, 0.4) is 0 Å². The zero-order chi connectivity index (χ0) is 36.9. The molecule has 240 valence electrons. The minimum Gasteiger partial charge on any atom is -0.455 e. The van der Waals surface area contributed by atoms with Crippen molar-refractivity contribution in [3.63, 3.8) is 0 Å². The smallest absolute Gasteiger partial charge is 0.167 e. The molecule has 0 atom stereocenters. The van der Waals surface area contributed by atoms with E-state index in [0.717, 1.165) is 60.9 Å². The van der Waals surface area contributed by atoms with Crippen LogP contribution in [0.25, 0.3) is 89.5 Å². The van der Waals surface area contributed by atoms with Crippen molar-refractivity contribution in [2.24, 2.45) is 0 Å². The molecule has 0 amide bonds. The van der Waals surface area contributed by atoms with Crippen molar-refractivity contribution in [2.75, 3.05) is 0 Å². The SMILES string of the molecule is [B]c1c([B])c([B])c(-c2ccc(-c3ccc4oc5c(-c6nc(-c7ccccc7)nc(-c7ccc(-c8ccccc8)cc7)n6)cccc5c4c3)cc2)c([B])c1[B]. The number of benzene rings is 7. The lowest BCUT2D eigenvalue weighted by Gasteiger charge is -2.21. The Kier molecular flexibility index (Phi) is 8.43. The van der Waals surface area contributed by atoms with E-state index in [1.54, 1.807) is 0 Å². The summed E-state index contributed by atoms with van der Waals surface area (Å²) in [6.07, 6.45) is 0. The van der Waals surface area contributed by atoms with Gasteiger partial charge in [-0.25, -0.2) is 15.0 Å². The van der Waals surface area contributed by atoms with E-state index in [0.29, 0.717) is 39.5 Å². The molecule has 0 unspecified atom stereocenters. The second-order valence-corrected chi connectivity index (χ2v) is 13.1. The minimum absolute atomic E-state index is 0.190. The first kappa shape index (κ1) is 33.5. The number of rotatable bonds is 6. The van der Waals surface area contributed by atoms with Crippen LogP contribution in [-0.2, 0) is 0 Å². The van der Waals surface area contributed by atoms with Gasteiger partial charge < -0.3 is 4.42 Å². The van der Waals surface area contributed by atoms with E-state index in [2.05, 4.69) is 48.5 Å². The van der Waals surface area contributed by atoms with Gasteiger partial charge in [-0.3, -0.25) is 0 Å². The summed E-state index contributed by atoms with van der Waals surface area (Å²) < 4.78 is 6.56. The Morgan fingerprint density at radius 3 is 1.44 bits per heavy atom. The summed E-state index contributed by atoms with van der Waals surface area (Å²) in [7, 11) is 30.9. The Labute approximate surface area is 319 Å². The predicted molar refractivity (Wildman–Crippen MR) is 227 cm³/mol. The van der Waals surface area contributed by atoms with Gasteiger partial charge in [-0.2, -0.15) is 0 Å². The van der Waals surface area contributed by atoms with E-state index >= 15 is 0 Å². The molecule has 0 aliphatic carbocycles. The number of furan rings is 1. The van der Waals surface area contributed by atoms with Crippen LogP contribution in [0.5, 0.6) is 0 Å². The lowest BCUT2D eigenvalue weighted by molar-refractivity contribution is 0.669. The van der Waals surface area contributed by atoms with E-state index in [9.17, 15) is 0 Å². The maximum atomic E-state index is 6.56. The Balaban J connectivity index is 1.12. The van der Waals surface area contributed by atoms with E-state index in [-0.39, 0.29) is 16.4 Å². The van der Waals surface area contributed by atoms with Gasteiger partial charge in [0.15, 0.2) is 17.5 Å². The lowest BCUT2D eigenvalue weighted by atomic mass is 9.59. The third kappa shape index (κ3) is 5.86. The van der Waals surface area contributed by atoms with Crippen LogP contribution in [0, 0.1) is 0 Å². The maximum Gasteiger partial charge on any atom is 0.167 e. The van der Waals surface area contributed by atoms with Crippen LogP contribution in [0.15, 0.2) is 150 Å². The first-order valence-corrected chi connectivity index (χ1v) is 17.4. The molecule has 4 nitrogen and oxygen atoms in total. The summed E-state index contributed by atoms with van der Waals surface area (Å²) in [6.45, 7) is 0. The molecule has 9 heteroatoms. The monoisotopic (exact) mass is 677 g/mol. The molecule has 10 radical (unpaired) electrons. The van der Waals surface area contributed by atoms with Crippen molar-refractivity contribution in [1.29, 1.82) is 0 Å². The minimum atomic E-state index is 0.190. The largest absolute Gasteiger partial charge is 0.455 e. The molecule has 0 bridgehead atoms. The second kappa shape index (κ2) is 13.6. The van der Waals surface area contributed by atoms with Crippen LogP contribution < -0.4 is 27.3 Å². The zero-order valence-corrected chi connectivity index (χ0v) is 29.0. The van der Waals surface area contributed by atoms with Crippen LogP contribution in [0.2, 0.25) is 0 Å². The molecular formula is C45H24B5N3O. The number of para-hydroxylation sites is 1. The van der Waals surface area contributed by atoms with Crippen LogP contribution >= 0.6 is 0 Å². The van der Waals surface area contributed by atoms with Crippen LogP contribution in [-0.4, -0.2) is 54.2 Å². The number of hydrogen-bond acceptors (Lipinski definition) is 4. The standard InChI is InChI=1S/C45H24B5N3O/c46-37-36(38(47)40(49)41(50)39(37)48)28-18-14-27(15-19-28)31-22-23-35-34(24-31)32-12-7-13-33(42(32)54-35)45-52-43(29-10-5-2-6-11-29)51-44(53-45)30-20-16-26(17-21-30)25-8-3-1-4-9-25/h1-24H. The molecule has 7 aromatic carbocycles. The van der Waals surface area contributed by atoms with Gasteiger partial charge >= 0.3 is 0 Å². The molecule has 2 heterocycles. The number of aromatic nitrogens is 3. The van der Waals surface area contributed by atoms with Crippen molar-refractivity contribution in [2.45, 2.75) is 0 Å². The molecule has 0 saturated carbocycles. The highest BCUT2D eigenvalue weighted by Gasteiger charge is 2.19. The molecular weight excluding hydrogens is 653 g/mol. The molecule has 9 aromatic rings. The lowest BCUT2D eigenvalue weighted by Crippen LogP contribution is -2.55. The first-order chi connectivity index (χ1) is 26.3. The average Bonchev–Trinajstić information content (AvgIpc) is 3.61. The summed E-state index contributed by atoms with van der Waals surface area (Å²) >= 11 is 0. The molecule has 0 fully saturated rings. The molecule has 0 aliphatic rings. The van der Waals surface area contributed by atoms with Gasteiger partial charge in [-0.1, -0.05) is 138 Å². The van der Waals surface area contributed by atoms with Gasteiger partial charge in [-0.15, -0.1) is 16.4 Å². The summed E-state index contributed by atoms with van der Waals surface area (Å²) in [6, 6.07) is 48.6. The van der Waals surface area contributed by atoms with Gasteiger partial charge in [0.05, 0.1) is 5.56 Å². The second-order valence-electron chi connectivity index (χ2n) is 13.1. The molecule has 0 saturated heterocycles. The molecule has 0 spiro atoms. The Hall–Kier alpha value is -6.33. The molecule has 0 aliphatic heterocycles. The average molecular weight is 677 g/mol.